The second-order valence-electron chi connectivity index (χ2n) is 6.14. The van der Waals surface area contributed by atoms with Crippen LogP contribution in [0.4, 0.5) is 10.7 Å². The first kappa shape index (κ1) is 18.2. The number of nitrogens with one attached hydrogen (secondary N) is 1. The zero-order valence-corrected chi connectivity index (χ0v) is 16.6. The highest BCUT2D eigenvalue weighted by Crippen LogP contribution is 2.29. The van der Waals surface area contributed by atoms with Crippen LogP contribution in [0.1, 0.15) is 20.8 Å². The Kier molecular flexibility index (Phi) is 5.61. The van der Waals surface area contributed by atoms with Gasteiger partial charge in [0.2, 0.25) is 0 Å². The van der Waals surface area contributed by atoms with E-state index in [9.17, 15) is 4.79 Å². The monoisotopic (exact) mass is 393 g/mol. The van der Waals surface area contributed by atoms with E-state index in [0.717, 1.165) is 59.2 Å². The Morgan fingerprint density at radius 1 is 1.24 bits per heavy atom. The van der Waals surface area contributed by atoms with Crippen LogP contribution < -0.4 is 10.2 Å². The Bertz CT molecular complexity index is 774. The van der Waals surface area contributed by atoms with Gasteiger partial charge in [-0.2, -0.15) is 0 Å². The molecule has 2 heterocycles. The van der Waals surface area contributed by atoms with Crippen LogP contribution in [0.3, 0.4) is 0 Å². The summed E-state index contributed by atoms with van der Waals surface area (Å²) < 4.78 is 0. The molecule has 4 nitrogen and oxygen atoms in total. The lowest BCUT2D eigenvalue weighted by Gasteiger charge is -2.36. The number of piperazine rings is 1. The van der Waals surface area contributed by atoms with Crippen molar-refractivity contribution in [3.8, 4) is 0 Å². The van der Waals surface area contributed by atoms with Crippen molar-refractivity contribution in [3.63, 3.8) is 0 Å². The van der Waals surface area contributed by atoms with Crippen molar-refractivity contribution < 1.29 is 4.79 Å². The first-order chi connectivity index (χ1) is 12.0. The molecule has 1 aromatic carbocycles. The molecule has 0 atom stereocenters. The number of thiocarbonyl (C=S) groups is 1. The van der Waals surface area contributed by atoms with Gasteiger partial charge in [0.05, 0.1) is 20.6 Å². The van der Waals surface area contributed by atoms with E-state index in [1.165, 1.54) is 11.3 Å². The smallest absolute Gasteiger partial charge is 0.173 e. The third-order valence-corrected chi connectivity index (χ3v) is 6.00. The number of aryl methyl sites for hydroxylation is 2. The van der Waals surface area contributed by atoms with Crippen LogP contribution in [0.2, 0.25) is 5.02 Å². The molecule has 25 heavy (non-hydrogen) atoms. The summed E-state index contributed by atoms with van der Waals surface area (Å²) in [6, 6.07) is 7.92. The minimum Gasteiger partial charge on any atom is -0.360 e. The summed E-state index contributed by atoms with van der Waals surface area (Å²) in [5, 5.41) is 5.84. The van der Waals surface area contributed by atoms with Gasteiger partial charge in [0.1, 0.15) is 0 Å². The van der Waals surface area contributed by atoms with E-state index in [1.807, 2.05) is 32.0 Å². The number of hydrogen-bond donors (Lipinski definition) is 1. The summed E-state index contributed by atoms with van der Waals surface area (Å²) in [6.07, 6.45) is 0.900. The average molecular weight is 394 g/mol. The van der Waals surface area contributed by atoms with Crippen molar-refractivity contribution in [2.45, 2.75) is 13.8 Å². The maximum Gasteiger partial charge on any atom is 0.173 e. The molecule has 0 amide bonds. The van der Waals surface area contributed by atoms with Gasteiger partial charge in [-0.15, -0.1) is 11.3 Å². The number of carbonyl (C=O) groups excluding carboxylic acids is 1. The molecule has 0 bridgehead atoms. The number of benzene rings is 1. The minimum atomic E-state index is 0.693. The number of hydrogen-bond acceptors (Lipinski definition) is 4. The maximum absolute atomic E-state index is 10.8. The van der Waals surface area contributed by atoms with Gasteiger partial charge in [0.15, 0.2) is 11.4 Å². The molecule has 0 aliphatic carbocycles. The molecule has 1 fully saturated rings. The SMILES string of the molecule is Cc1cc(C)c(NC(=S)N2CCN(c3ccc(C=O)s3)CC2)c(Cl)c1. The molecule has 2 aromatic rings. The van der Waals surface area contributed by atoms with Crippen LogP contribution >= 0.6 is 35.2 Å². The van der Waals surface area contributed by atoms with Gasteiger partial charge in [-0.05, 0) is 55.4 Å². The van der Waals surface area contributed by atoms with Crippen LogP contribution in [0.25, 0.3) is 0 Å². The molecule has 0 radical (unpaired) electrons. The summed E-state index contributed by atoms with van der Waals surface area (Å²) in [5.41, 5.74) is 3.11. The molecule has 1 saturated heterocycles. The largest absolute Gasteiger partial charge is 0.360 e. The molecule has 1 aliphatic heterocycles. The first-order valence-electron chi connectivity index (χ1n) is 8.10. The topological polar surface area (TPSA) is 35.6 Å². The second-order valence-corrected chi connectivity index (χ2v) is 8.02. The van der Waals surface area contributed by atoms with E-state index in [1.54, 1.807) is 0 Å². The van der Waals surface area contributed by atoms with Crippen LogP contribution in [0.5, 0.6) is 0 Å². The molecule has 7 heteroatoms. The van der Waals surface area contributed by atoms with Crippen molar-refractivity contribution in [1.29, 1.82) is 0 Å². The molecule has 0 spiro atoms. The normalized spacial score (nSPS) is 14.5. The Morgan fingerprint density at radius 2 is 1.96 bits per heavy atom. The van der Waals surface area contributed by atoms with Crippen molar-refractivity contribution in [2.24, 2.45) is 0 Å². The van der Waals surface area contributed by atoms with Crippen molar-refractivity contribution in [3.05, 3.63) is 45.3 Å². The third-order valence-electron chi connectivity index (χ3n) is 4.27. The molecule has 0 unspecified atom stereocenters. The van der Waals surface area contributed by atoms with Gasteiger partial charge < -0.3 is 15.1 Å². The van der Waals surface area contributed by atoms with Gasteiger partial charge in [-0.25, -0.2) is 0 Å². The average Bonchev–Trinajstić information content (AvgIpc) is 3.07. The lowest BCUT2D eigenvalue weighted by Crippen LogP contribution is -2.49. The Balaban J connectivity index is 1.61. The lowest BCUT2D eigenvalue weighted by atomic mass is 10.1. The maximum atomic E-state index is 10.8. The minimum absolute atomic E-state index is 0.693. The summed E-state index contributed by atoms with van der Waals surface area (Å²) in [7, 11) is 0. The van der Waals surface area contributed by atoms with Crippen molar-refractivity contribution in [2.75, 3.05) is 36.4 Å². The van der Waals surface area contributed by atoms with E-state index in [2.05, 4.69) is 21.2 Å². The number of aldehydes is 1. The highest BCUT2D eigenvalue weighted by molar-refractivity contribution is 7.80. The molecular weight excluding hydrogens is 374 g/mol. The first-order valence-corrected chi connectivity index (χ1v) is 9.71. The van der Waals surface area contributed by atoms with Gasteiger partial charge in [0.25, 0.3) is 0 Å². The van der Waals surface area contributed by atoms with Gasteiger partial charge in [-0.1, -0.05) is 17.7 Å². The number of thiophene rings is 1. The Morgan fingerprint density at radius 3 is 2.56 bits per heavy atom. The van der Waals surface area contributed by atoms with Crippen LogP contribution in [-0.2, 0) is 0 Å². The van der Waals surface area contributed by atoms with E-state index < -0.39 is 0 Å². The summed E-state index contributed by atoms with van der Waals surface area (Å²) in [4.78, 5) is 16.1. The zero-order valence-electron chi connectivity index (χ0n) is 14.2. The number of anilines is 2. The van der Waals surface area contributed by atoms with Crippen molar-refractivity contribution in [1.82, 2.24) is 4.90 Å². The molecule has 1 aliphatic rings. The van der Waals surface area contributed by atoms with Gasteiger partial charge >= 0.3 is 0 Å². The standard InChI is InChI=1S/C18H20ClN3OS2/c1-12-9-13(2)17(15(19)10-12)20-18(24)22-7-5-21(6-8-22)16-4-3-14(11-23)25-16/h3-4,9-11H,5-8H2,1-2H3,(H,20,24). The van der Waals surface area contributed by atoms with Crippen LogP contribution in [-0.4, -0.2) is 42.5 Å². The van der Waals surface area contributed by atoms with E-state index >= 15 is 0 Å². The molecule has 0 saturated carbocycles. The van der Waals surface area contributed by atoms with Crippen LogP contribution in [0, 0.1) is 13.8 Å². The highest BCUT2D eigenvalue weighted by atomic mass is 35.5. The predicted molar refractivity (Wildman–Crippen MR) is 111 cm³/mol. The highest BCUT2D eigenvalue weighted by Gasteiger charge is 2.21. The molecule has 3 rings (SSSR count). The summed E-state index contributed by atoms with van der Waals surface area (Å²) in [5.74, 6) is 0. The third kappa shape index (κ3) is 4.14. The summed E-state index contributed by atoms with van der Waals surface area (Å²) >= 11 is 13.5. The van der Waals surface area contributed by atoms with E-state index in [-0.39, 0.29) is 0 Å². The number of nitrogens with zero attached hydrogens (tertiary/aromatic N) is 2. The predicted octanol–water partition coefficient (Wildman–Crippen LogP) is 4.35. The fraction of sp³-hybridized carbons (Fsp3) is 0.333. The Hall–Kier alpha value is -1.63. The fourth-order valence-electron chi connectivity index (χ4n) is 2.97. The lowest BCUT2D eigenvalue weighted by molar-refractivity contribution is 0.112. The summed E-state index contributed by atoms with van der Waals surface area (Å²) in [6.45, 7) is 7.48. The van der Waals surface area contributed by atoms with Crippen LogP contribution in [0.15, 0.2) is 24.3 Å². The fourth-order valence-corrected chi connectivity index (χ4v) is 4.49. The number of rotatable bonds is 3. The number of halogens is 1. The van der Waals surface area contributed by atoms with Gasteiger partial charge in [0, 0.05) is 26.2 Å². The molecule has 1 aromatic heterocycles. The molecular formula is C18H20ClN3OS2. The van der Waals surface area contributed by atoms with E-state index in [0.29, 0.717) is 10.1 Å². The Labute approximate surface area is 162 Å². The quantitative estimate of drug-likeness (QED) is 0.619. The molecule has 132 valence electrons. The molecule has 1 N–H and O–H groups in total. The second kappa shape index (κ2) is 7.72. The van der Waals surface area contributed by atoms with E-state index in [4.69, 9.17) is 23.8 Å². The number of carbonyl (C=O) groups is 1. The van der Waals surface area contributed by atoms with Gasteiger partial charge in [-0.3, -0.25) is 4.79 Å². The van der Waals surface area contributed by atoms with Crippen molar-refractivity contribution >= 4 is 57.2 Å². The zero-order chi connectivity index (χ0) is 18.0.